The normalized spacial score (nSPS) is 27.7. The van der Waals surface area contributed by atoms with Crippen molar-refractivity contribution in [3.63, 3.8) is 0 Å². The average molecular weight is 401 g/mol. The van der Waals surface area contributed by atoms with Crippen LogP contribution in [0.4, 0.5) is 5.82 Å². The van der Waals surface area contributed by atoms with Crippen LogP contribution in [0, 0.1) is 5.92 Å². The van der Waals surface area contributed by atoms with Crippen LogP contribution in [0.3, 0.4) is 0 Å². The standard InChI is InChI=1S/C19H19N3O7/c23-9-19-10-28-15(12(19)8-14(24)25)17(29-19)22-7-6-13(21-18(22)27)20-16(26)11-4-2-1-3-5-11/h1-7,12,15,17,23H,8-10H2,(H,24,25)(H,20,21,26,27)/t12?,15-,17+,19-/m0/s1. The van der Waals surface area contributed by atoms with Gasteiger partial charge in [-0.3, -0.25) is 14.2 Å². The average Bonchev–Trinajstić information content (AvgIpc) is 3.20. The van der Waals surface area contributed by atoms with Crippen molar-refractivity contribution >= 4 is 17.7 Å². The van der Waals surface area contributed by atoms with Crippen LogP contribution in [-0.4, -0.2) is 56.6 Å². The molecule has 2 bridgehead atoms. The number of amides is 1. The predicted molar refractivity (Wildman–Crippen MR) is 98.3 cm³/mol. The van der Waals surface area contributed by atoms with E-state index >= 15 is 0 Å². The molecule has 29 heavy (non-hydrogen) atoms. The molecule has 4 atom stereocenters. The second-order valence-electron chi connectivity index (χ2n) is 7.03. The van der Waals surface area contributed by atoms with Crippen LogP contribution < -0.4 is 11.0 Å². The van der Waals surface area contributed by atoms with Gasteiger partial charge in [-0.25, -0.2) is 4.79 Å². The van der Waals surface area contributed by atoms with Gasteiger partial charge >= 0.3 is 11.7 Å². The summed E-state index contributed by atoms with van der Waals surface area (Å²) in [6, 6.07) is 9.93. The number of carbonyl (C=O) groups excluding carboxylic acids is 1. The van der Waals surface area contributed by atoms with Crippen LogP contribution in [0.1, 0.15) is 23.0 Å². The van der Waals surface area contributed by atoms with Gasteiger partial charge in [-0.05, 0) is 18.2 Å². The van der Waals surface area contributed by atoms with Crippen molar-refractivity contribution in [2.75, 3.05) is 18.5 Å². The number of carboxylic acid groups (broad SMARTS) is 1. The largest absolute Gasteiger partial charge is 0.481 e. The van der Waals surface area contributed by atoms with Gasteiger partial charge in [0.2, 0.25) is 0 Å². The zero-order valence-corrected chi connectivity index (χ0v) is 15.2. The van der Waals surface area contributed by atoms with E-state index in [2.05, 4.69) is 10.3 Å². The number of nitrogens with one attached hydrogen (secondary N) is 1. The molecule has 0 spiro atoms. The summed E-state index contributed by atoms with van der Waals surface area (Å²) in [4.78, 5) is 39.8. The maximum atomic E-state index is 12.5. The molecular formula is C19H19N3O7. The smallest absolute Gasteiger partial charge is 0.351 e. The SMILES string of the molecule is O=C(O)CC1[C@@H]2OC[C@]1(CO)O[C@H]2n1ccc(NC(=O)c2ccccc2)nc1=O. The van der Waals surface area contributed by atoms with Gasteiger partial charge in [0.05, 0.1) is 19.6 Å². The molecule has 1 unspecified atom stereocenters. The van der Waals surface area contributed by atoms with Gasteiger partial charge in [0.15, 0.2) is 6.23 Å². The fourth-order valence-electron chi connectivity index (χ4n) is 3.83. The second-order valence-corrected chi connectivity index (χ2v) is 7.03. The number of aliphatic carboxylic acids is 1. The number of fused-ring (bicyclic) bond motifs is 2. The van der Waals surface area contributed by atoms with Crippen molar-refractivity contribution in [3.8, 4) is 0 Å². The van der Waals surface area contributed by atoms with Crippen LogP contribution in [-0.2, 0) is 14.3 Å². The summed E-state index contributed by atoms with van der Waals surface area (Å²) in [5, 5.41) is 21.5. The fourth-order valence-corrected chi connectivity index (χ4v) is 3.83. The molecule has 2 fully saturated rings. The minimum atomic E-state index is -1.17. The molecule has 0 saturated carbocycles. The van der Waals surface area contributed by atoms with Gasteiger partial charge in [0.25, 0.3) is 5.91 Å². The second kappa shape index (κ2) is 7.39. The van der Waals surface area contributed by atoms with Gasteiger partial charge in [0.1, 0.15) is 17.5 Å². The van der Waals surface area contributed by atoms with E-state index < -0.39 is 48.0 Å². The molecule has 1 aromatic heterocycles. The Kier molecular flexibility index (Phi) is 4.91. The quantitative estimate of drug-likeness (QED) is 0.626. The first kappa shape index (κ1) is 19.2. The van der Waals surface area contributed by atoms with Crippen molar-refractivity contribution in [2.45, 2.75) is 24.4 Å². The van der Waals surface area contributed by atoms with Crippen molar-refractivity contribution in [1.82, 2.24) is 9.55 Å². The Morgan fingerprint density at radius 2 is 2.03 bits per heavy atom. The lowest BCUT2D eigenvalue weighted by Gasteiger charge is -2.30. The monoisotopic (exact) mass is 401 g/mol. The molecule has 2 aliphatic heterocycles. The molecular weight excluding hydrogens is 382 g/mol. The van der Waals surface area contributed by atoms with Crippen molar-refractivity contribution in [2.24, 2.45) is 5.92 Å². The van der Waals surface area contributed by atoms with E-state index in [-0.39, 0.29) is 18.8 Å². The van der Waals surface area contributed by atoms with Gasteiger partial charge < -0.3 is 25.0 Å². The lowest BCUT2D eigenvalue weighted by atomic mass is 9.86. The highest BCUT2D eigenvalue weighted by molar-refractivity contribution is 6.03. The van der Waals surface area contributed by atoms with E-state index in [1.165, 1.54) is 16.8 Å². The van der Waals surface area contributed by atoms with E-state index in [1.807, 2.05) is 0 Å². The predicted octanol–water partition coefficient (Wildman–Crippen LogP) is 0.245. The number of aliphatic hydroxyl groups is 1. The summed E-state index contributed by atoms with van der Waals surface area (Å²) in [7, 11) is 0. The lowest BCUT2D eigenvalue weighted by molar-refractivity contribution is -0.186. The molecule has 2 aromatic rings. The third kappa shape index (κ3) is 3.41. The first-order valence-corrected chi connectivity index (χ1v) is 9.01. The number of anilines is 1. The molecule has 0 radical (unpaired) electrons. The topological polar surface area (TPSA) is 140 Å². The molecule has 10 heteroatoms. The first-order chi connectivity index (χ1) is 13.9. The number of aromatic nitrogens is 2. The van der Waals surface area contributed by atoms with E-state index in [9.17, 15) is 19.5 Å². The van der Waals surface area contributed by atoms with Crippen LogP contribution in [0.2, 0.25) is 0 Å². The number of aliphatic hydroxyl groups excluding tert-OH is 1. The molecule has 2 aliphatic rings. The van der Waals surface area contributed by atoms with Crippen molar-refractivity contribution in [1.29, 1.82) is 0 Å². The van der Waals surface area contributed by atoms with Crippen LogP contribution in [0.5, 0.6) is 0 Å². The maximum Gasteiger partial charge on any atom is 0.351 e. The number of rotatable bonds is 6. The lowest BCUT2D eigenvalue weighted by Crippen LogP contribution is -2.43. The van der Waals surface area contributed by atoms with E-state index in [1.54, 1.807) is 30.3 Å². The Morgan fingerprint density at radius 3 is 2.69 bits per heavy atom. The molecule has 10 nitrogen and oxygen atoms in total. The molecule has 1 aromatic carbocycles. The highest BCUT2D eigenvalue weighted by atomic mass is 16.6. The van der Waals surface area contributed by atoms with Crippen LogP contribution in [0.15, 0.2) is 47.4 Å². The number of benzene rings is 1. The highest BCUT2D eigenvalue weighted by Gasteiger charge is 2.62. The van der Waals surface area contributed by atoms with Crippen molar-refractivity contribution < 1.29 is 29.3 Å². The van der Waals surface area contributed by atoms with E-state index in [0.29, 0.717) is 5.56 Å². The molecule has 1 amide bonds. The summed E-state index contributed by atoms with van der Waals surface area (Å²) in [5.41, 5.74) is -1.45. The number of nitrogens with zero attached hydrogens (tertiary/aromatic N) is 2. The van der Waals surface area contributed by atoms with Gasteiger partial charge in [-0.1, -0.05) is 18.2 Å². The molecule has 0 aliphatic carbocycles. The number of ether oxygens (including phenoxy) is 2. The third-order valence-electron chi connectivity index (χ3n) is 5.27. The number of carboxylic acids is 1. The minimum absolute atomic E-state index is 0.0516. The Labute approximate surface area is 164 Å². The number of hydrogen-bond donors (Lipinski definition) is 3. The van der Waals surface area contributed by atoms with Gasteiger partial charge in [-0.2, -0.15) is 4.98 Å². The van der Waals surface area contributed by atoms with E-state index in [4.69, 9.17) is 14.6 Å². The van der Waals surface area contributed by atoms with Crippen LogP contribution in [0.25, 0.3) is 0 Å². The highest BCUT2D eigenvalue weighted by Crippen LogP contribution is 2.50. The molecule has 4 rings (SSSR count). The zero-order chi connectivity index (χ0) is 20.6. The van der Waals surface area contributed by atoms with Gasteiger partial charge in [0, 0.05) is 17.7 Å². The van der Waals surface area contributed by atoms with Crippen LogP contribution >= 0.6 is 0 Å². The molecule has 152 valence electrons. The van der Waals surface area contributed by atoms with Crippen molar-refractivity contribution in [3.05, 3.63) is 58.6 Å². The zero-order valence-electron chi connectivity index (χ0n) is 15.2. The molecule has 2 saturated heterocycles. The Balaban J connectivity index is 1.55. The van der Waals surface area contributed by atoms with Gasteiger partial charge in [-0.15, -0.1) is 0 Å². The first-order valence-electron chi connectivity index (χ1n) is 9.01. The van der Waals surface area contributed by atoms with E-state index in [0.717, 1.165) is 0 Å². The Bertz CT molecular complexity index is 993. The Morgan fingerprint density at radius 1 is 1.28 bits per heavy atom. The third-order valence-corrected chi connectivity index (χ3v) is 5.27. The summed E-state index contributed by atoms with van der Waals surface area (Å²) < 4.78 is 12.7. The maximum absolute atomic E-state index is 12.5. The minimum Gasteiger partial charge on any atom is -0.481 e. The number of carbonyl (C=O) groups is 2. The summed E-state index contributed by atoms with van der Waals surface area (Å²) >= 11 is 0. The summed E-state index contributed by atoms with van der Waals surface area (Å²) in [5.74, 6) is -1.98. The fraction of sp³-hybridized carbons (Fsp3) is 0.368. The summed E-state index contributed by atoms with van der Waals surface area (Å²) in [6.07, 6.45) is -0.482. The molecule has 3 N–H and O–H groups in total. The Hall–Kier alpha value is -3.08. The number of hydrogen-bond acceptors (Lipinski definition) is 7. The molecule has 3 heterocycles. The summed E-state index contributed by atoms with van der Waals surface area (Å²) in [6.45, 7) is -0.374.